The maximum Gasteiger partial charge on any atom is 0.152 e. The van der Waals surface area contributed by atoms with Crippen LogP contribution in [0.3, 0.4) is 0 Å². The molecular weight excluding hydrogens is 214 g/mol. The Labute approximate surface area is 92.3 Å². The average Bonchev–Trinajstić information content (AvgIpc) is 2.66. The van der Waals surface area contributed by atoms with Crippen LogP contribution in [0.1, 0.15) is 26.2 Å². The lowest BCUT2D eigenvalue weighted by Crippen LogP contribution is -2.28. The van der Waals surface area contributed by atoms with Crippen molar-refractivity contribution in [2.24, 2.45) is 0 Å². The highest BCUT2D eigenvalue weighted by atomic mass is 32.2. The molecule has 0 aromatic carbocycles. The fraction of sp³-hybridized carbons (Fsp3) is 1.00. The van der Waals surface area contributed by atoms with E-state index in [2.05, 4.69) is 5.32 Å². The van der Waals surface area contributed by atoms with E-state index in [4.69, 9.17) is 4.74 Å². The number of ether oxygens (including phenoxy) is 1. The molecule has 5 heteroatoms. The molecule has 1 aliphatic rings. The Balaban J connectivity index is 2.31. The van der Waals surface area contributed by atoms with Crippen molar-refractivity contribution < 1.29 is 13.2 Å². The molecule has 0 aromatic rings. The van der Waals surface area contributed by atoms with E-state index in [9.17, 15) is 8.42 Å². The molecule has 0 spiro atoms. The first kappa shape index (κ1) is 12.9. The SMILES string of the molecule is CNC(C)CCS(=O)(=O)CC1CCCO1. The summed E-state index contributed by atoms with van der Waals surface area (Å²) >= 11 is 0. The second-order valence-corrected chi connectivity index (χ2v) is 6.46. The predicted octanol–water partition coefficient (Wildman–Crippen LogP) is 0.578. The van der Waals surface area contributed by atoms with E-state index in [-0.39, 0.29) is 23.7 Å². The van der Waals surface area contributed by atoms with Gasteiger partial charge in [0.05, 0.1) is 17.6 Å². The van der Waals surface area contributed by atoms with Crippen molar-refractivity contribution in [2.75, 3.05) is 25.2 Å². The van der Waals surface area contributed by atoms with Gasteiger partial charge in [0.15, 0.2) is 9.84 Å². The second kappa shape index (κ2) is 5.82. The van der Waals surface area contributed by atoms with Gasteiger partial charge < -0.3 is 10.1 Å². The van der Waals surface area contributed by atoms with Crippen LogP contribution in [0.4, 0.5) is 0 Å². The summed E-state index contributed by atoms with van der Waals surface area (Å²) in [4.78, 5) is 0. The molecule has 1 saturated heterocycles. The Morgan fingerprint density at radius 1 is 1.53 bits per heavy atom. The van der Waals surface area contributed by atoms with Gasteiger partial charge in [-0.15, -0.1) is 0 Å². The monoisotopic (exact) mass is 235 g/mol. The zero-order valence-corrected chi connectivity index (χ0v) is 10.3. The average molecular weight is 235 g/mol. The van der Waals surface area contributed by atoms with E-state index in [1.165, 1.54) is 0 Å². The molecule has 15 heavy (non-hydrogen) atoms. The molecule has 0 bridgehead atoms. The first-order valence-corrected chi connectivity index (χ1v) is 7.35. The van der Waals surface area contributed by atoms with Crippen LogP contribution in [0, 0.1) is 0 Å². The normalized spacial score (nSPS) is 24.3. The predicted molar refractivity (Wildman–Crippen MR) is 60.8 cm³/mol. The number of sulfone groups is 1. The third-order valence-electron chi connectivity index (χ3n) is 2.82. The van der Waals surface area contributed by atoms with E-state index < -0.39 is 9.84 Å². The van der Waals surface area contributed by atoms with Crippen LogP contribution in [0.5, 0.6) is 0 Å². The summed E-state index contributed by atoms with van der Waals surface area (Å²) in [6.07, 6.45) is 2.50. The lowest BCUT2D eigenvalue weighted by molar-refractivity contribution is 0.127. The Bertz CT molecular complexity index is 270. The Morgan fingerprint density at radius 2 is 2.27 bits per heavy atom. The molecule has 0 aliphatic carbocycles. The van der Waals surface area contributed by atoms with Gasteiger partial charge in [0.25, 0.3) is 0 Å². The maximum atomic E-state index is 11.7. The summed E-state index contributed by atoms with van der Waals surface area (Å²) in [6, 6.07) is 0.254. The molecule has 1 aliphatic heterocycles. The molecule has 1 heterocycles. The highest BCUT2D eigenvalue weighted by Gasteiger charge is 2.23. The molecule has 2 atom stereocenters. The smallest absolute Gasteiger partial charge is 0.152 e. The highest BCUT2D eigenvalue weighted by molar-refractivity contribution is 7.91. The lowest BCUT2D eigenvalue weighted by Gasteiger charge is -2.12. The van der Waals surface area contributed by atoms with Crippen LogP contribution in [0.15, 0.2) is 0 Å². The van der Waals surface area contributed by atoms with Gasteiger partial charge in [-0.1, -0.05) is 0 Å². The van der Waals surface area contributed by atoms with Crippen LogP contribution in [0.2, 0.25) is 0 Å². The van der Waals surface area contributed by atoms with Crippen LogP contribution in [-0.4, -0.2) is 45.7 Å². The minimum absolute atomic E-state index is 0.0557. The number of nitrogens with one attached hydrogen (secondary N) is 1. The zero-order chi connectivity index (χ0) is 11.3. The summed E-state index contributed by atoms with van der Waals surface area (Å²) in [5.74, 6) is 0.457. The van der Waals surface area contributed by atoms with Crippen LogP contribution >= 0.6 is 0 Å². The molecule has 2 unspecified atom stereocenters. The molecule has 0 aromatic heterocycles. The van der Waals surface area contributed by atoms with Gasteiger partial charge in [0.1, 0.15) is 0 Å². The molecule has 0 saturated carbocycles. The van der Waals surface area contributed by atoms with Gasteiger partial charge in [-0.3, -0.25) is 0 Å². The van der Waals surface area contributed by atoms with E-state index >= 15 is 0 Å². The fourth-order valence-corrected chi connectivity index (χ4v) is 3.35. The van der Waals surface area contributed by atoms with Gasteiger partial charge in [0, 0.05) is 12.6 Å². The van der Waals surface area contributed by atoms with E-state index in [1.807, 2.05) is 14.0 Å². The van der Waals surface area contributed by atoms with Gasteiger partial charge in [-0.2, -0.15) is 0 Å². The van der Waals surface area contributed by atoms with Crippen molar-refractivity contribution in [2.45, 2.75) is 38.3 Å². The van der Waals surface area contributed by atoms with Crippen molar-refractivity contribution in [3.63, 3.8) is 0 Å². The van der Waals surface area contributed by atoms with E-state index in [0.29, 0.717) is 13.0 Å². The molecular formula is C10H21NO3S. The third-order valence-corrected chi connectivity index (χ3v) is 4.56. The molecule has 1 N–H and O–H groups in total. The topological polar surface area (TPSA) is 55.4 Å². The molecule has 0 radical (unpaired) electrons. The van der Waals surface area contributed by atoms with Crippen molar-refractivity contribution in [3.8, 4) is 0 Å². The van der Waals surface area contributed by atoms with Gasteiger partial charge in [0.2, 0.25) is 0 Å². The van der Waals surface area contributed by atoms with Crippen LogP contribution < -0.4 is 5.32 Å². The Kier molecular flexibility index (Phi) is 5.02. The number of hydrogen-bond donors (Lipinski definition) is 1. The highest BCUT2D eigenvalue weighted by Crippen LogP contribution is 2.14. The van der Waals surface area contributed by atoms with Gasteiger partial charge in [-0.25, -0.2) is 8.42 Å². The van der Waals surface area contributed by atoms with Gasteiger partial charge >= 0.3 is 0 Å². The van der Waals surface area contributed by atoms with Crippen LogP contribution in [0.25, 0.3) is 0 Å². The minimum Gasteiger partial charge on any atom is -0.377 e. The first-order valence-electron chi connectivity index (χ1n) is 5.53. The lowest BCUT2D eigenvalue weighted by atomic mass is 10.3. The largest absolute Gasteiger partial charge is 0.377 e. The second-order valence-electron chi connectivity index (χ2n) is 4.23. The van der Waals surface area contributed by atoms with Crippen molar-refractivity contribution in [1.82, 2.24) is 5.32 Å². The maximum absolute atomic E-state index is 11.7. The molecule has 0 amide bonds. The summed E-state index contributed by atoms with van der Waals surface area (Å²) in [5, 5.41) is 3.04. The minimum atomic E-state index is -2.94. The molecule has 90 valence electrons. The summed E-state index contributed by atoms with van der Waals surface area (Å²) in [7, 11) is -1.09. The summed E-state index contributed by atoms with van der Waals surface area (Å²) < 4.78 is 28.7. The molecule has 1 rings (SSSR count). The summed E-state index contributed by atoms with van der Waals surface area (Å²) in [5.41, 5.74) is 0. The van der Waals surface area contributed by atoms with Crippen molar-refractivity contribution in [1.29, 1.82) is 0 Å². The Hall–Kier alpha value is -0.130. The standard InChI is InChI=1S/C10H21NO3S/c1-9(11-2)5-7-15(12,13)8-10-4-3-6-14-10/h9-11H,3-8H2,1-2H3. The zero-order valence-electron chi connectivity index (χ0n) is 9.53. The summed E-state index contributed by atoms with van der Waals surface area (Å²) in [6.45, 7) is 2.70. The quantitative estimate of drug-likeness (QED) is 0.731. The number of rotatable bonds is 6. The first-order chi connectivity index (χ1) is 7.03. The van der Waals surface area contributed by atoms with Crippen LogP contribution in [-0.2, 0) is 14.6 Å². The number of hydrogen-bond acceptors (Lipinski definition) is 4. The molecule has 4 nitrogen and oxygen atoms in total. The van der Waals surface area contributed by atoms with E-state index in [0.717, 1.165) is 12.8 Å². The van der Waals surface area contributed by atoms with Crippen molar-refractivity contribution in [3.05, 3.63) is 0 Å². The molecule has 1 fully saturated rings. The van der Waals surface area contributed by atoms with Crippen molar-refractivity contribution >= 4 is 9.84 Å². The third kappa shape index (κ3) is 4.95. The van der Waals surface area contributed by atoms with E-state index in [1.54, 1.807) is 0 Å². The van der Waals surface area contributed by atoms with Gasteiger partial charge in [-0.05, 0) is 33.2 Å². The fourth-order valence-electron chi connectivity index (χ4n) is 1.64. The Morgan fingerprint density at radius 3 is 2.80 bits per heavy atom.